The molecule has 0 fully saturated rings. The van der Waals surface area contributed by atoms with Crippen LogP contribution in [-0.4, -0.2) is 52.9 Å². The number of hydrogen-bond acceptors (Lipinski definition) is 4. The van der Waals surface area contributed by atoms with E-state index in [9.17, 15) is 8.42 Å². The molecule has 0 unspecified atom stereocenters. The molecule has 0 saturated heterocycles. The van der Waals surface area contributed by atoms with E-state index in [-0.39, 0.29) is 0 Å². The molecule has 0 atom stereocenters. The highest BCUT2D eigenvalue weighted by atomic mass is 32.2. The molecule has 0 spiro atoms. The maximum Gasteiger partial charge on any atom is 0.232 e. The Bertz CT molecular complexity index is 1290. The van der Waals surface area contributed by atoms with Crippen LogP contribution in [0.3, 0.4) is 0 Å². The van der Waals surface area contributed by atoms with Crippen molar-refractivity contribution in [3.63, 3.8) is 0 Å². The van der Waals surface area contributed by atoms with E-state index in [1.54, 1.807) is 11.4 Å². The largest absolute Gasteiger partial charge is 0.497 e. The van der Waals surface area contributed by atoms with Gasteiger partial charge in [0.1, 0.15) is 5.75 Å². The zero-order valence-corrected chi connectivity index (χ0v) is 25.7. The topological polar surface area (TPSA) is 49.9 Å². The summed E-state index contributed by atoms with van der Waals surface area (Å²) >= 11 is 0. The SMILES string of the molecule is CCCCN(CCCC)CCN(c1ccc(C(=C(CC)c2ccc(OC)cc2)c2ccccc2)cc1)S(C)(=O)=O. The quantitative estimate of drug-likeness (QED) is 0.168. The summed E-state index contributed by atoms with van der Waals surface area (Å²) in [7, 11) is -1.75. The third kappa shape index (κ3) is 8.70. The van der Waals surface area contributed by atoms with Crippen LogP contribution >= 0.6 is 0 Å². The van der Waals surface area contributed by atoms with Gasteiger partial charge in [-0.05, 0) is 84.5 Å². The second kappa shape index (κ2) is 15.6. The average Bonchev–Trinajstić information content (AvgIpc) is 2.97. The van der Waals surface area contributed by atoms with E-state index in [2.05, 4.69) is 74.2 Å². The van der Waals surface area contributed by atoms with Crippen LogP contribution in [0, 0.1) is 0 Å². The van der Waals surface area contributed by atoms with Gasteiger partial charge in [0.2, 0.25) is 10.0 Å². The Morgan fingerprint density at radius 1 is 0.700 bits per heavy atom. The predicted molar refractivity (Wildman–Crippen MR) is 171 cm³/mol. The van der Waals surface area contributed by atoms with Crippen LogP contribution in [0.25, 0.3) is 11.1 Å². The van der Waals surface area contributed by atoms with Gasteiger partial charge >= 0.3 is 0 Å². The van der Waals surface area contributed by atoms with E-state index < -0.39 is 10.0 Å². The molecule has 0 aliphatic rings. The van der Waals surface area contributed by atoms with Crippen molar-refractivity contribution in [3.05, 3.63) is 95.6 Å². The summed E-state index contributed by atoms with van der Waals surface area (Å²) < 4.78 is 32.7. The Morgan fingerprint density at radius 2 is 1.25 bits per heavy atom. The molecule has 3 rings (SSSR count). The summed E-state index contributed by atoms with van der Waals surface area (Å²) in [6, 6.07) is 26.6. The summed E-state index contributed by atoms with van der Waals surface area (Å²) in [5.41, 5.74) is 6.41. The van der Waals surface area contributed by atoms with Crippen LogP contribution in [0.5, 0.6) is 5.75 Å². The molecule has 3 aromatic rings. The molecule has 216 valence electrons. The number of anilines is 1. The summed E-state index contributed by atoms with van der Waals surface area (Å²) in [6.45, 7) is 9.73. The maximum atomic E-state index is 12.9. The fourth-order valence-corrected chi connectivity index (χ4v) is 5.97. The van der Waals surface area contributed by atoms with Crippen molar-refractivity contribution in [2.45, 2.75) is 52.9 Å². The van der Waals surface area contributed by atoms with Crippen LogP contribution in [0.1, 0.15) is 69.6 Å². The first kappa shape index (κ1) is 31.4. The lowest BCUT2D eigenvalue weighted by molar-refractivity contribution is 0.273. The van der Waals surface area contributed by atoms with E-state index in [0.29, 0.717) is 12.2 Å². The minimum absolute atomic E-state index is 0.444. The zero-order chi connectivity index (χ0) is 29.0. The zero-order valence-electron chi connectivity index (χ0n) is 24.9. The molecule has 5 nitrogen and oxygen atoms in total. The second-order valence-electron chi connectivity index (χ2n) is 10.2. The first-order valence-corrected chi connectivity index (χ1v) is 16.4. The standard InChI is InChI=1S/C34H46N2O3S/c1-6-9-24-35(25-10-7-2)26-27-36(40(5,37)38)31-20-16-30(17-21-31)34(29-14-12-11-13-15-29)33(8-3)28-18-22-32(39-4)23-19-28/h11-23H,6-10,24-27H2,1-5H3. The molecular weight excluding hydrogens is 516 g/mol. The Morgan fingerprint density at radius 3 is 1.75 bits per heavy atom. The lowest BCUT2D eigenvalue weighted by atomic mass is 9.88. The van der Waals surface area contributed by atoms with Crippen molar-refractivity contribution < 1.29 is 13.2 Å². The predicted octanol–water partition coefficient (Wildman–Crippen LogP) is 7.73. The molecule has 0 saturated carbocycles. The molecule has 3 aromatic carbocycles. The summed E-state index contributed by atoms with van der Waals surface area (Å²) in [5, 5.41) is 0. The summed E-state index contributed by atoms with van der Waals surface area (Å²) in [4.78, 5) is 2.40. The molecule has 6 heteroatoms. The third-order valence-corrected chi connectivity index (χ3v) is 8.47. The van der Waals surface area contributed by atoms with Gasteiger partial charge in [-0.15, -0.1) is 0 Å². The van der Waals surface area contributed by atoms with Gasteiger partial charge in [-0.1, -0.05) is 88.2 Å². The highest BCUT2D eigenvalue weighted by molar-refractivity contribution is 7.92. The number of hydrogen-bond donors (Lipinski definition) is 0. The lowest BCUT2D eigenvalue weighted by Crippen LogP contribution is -2.39. The van der Waals surface area contributed by atoms with Gasteiger partial charge in [-0.3, -0.25) is 4.31 Å². The van der Waals surface area contributed by atoms with Gasteiger partial charge in [0.15, 0.2) is 0 Å². The third-order valence-electron chi connectivity index (χ3n) is 7.28. The highest BCUT2D eigenvalue weighted by Crippen LogP contribution is 2.35. The number of benzene rings is 3. The monoisotopic (exact) mass is 562 g/mol. The van der Waals surface area contributed by atoms with Crippen LogP contribution in [0.15, 0.2) is 78.9 Å². The van der Waals surface area contributed by atoms with Crippen molar-refractivity contribution in [1.29, 1.82) is 0 Å². The van der Waals surface area contributed by atoms with Gasteiger partial charge in [0, 0.05) is 13.1 Å². The molecule has 0 aliphatic heterocycles. The van der Waals surface area contributed by atoms with Gasteiger partial charge in [-0.25, -0.2) is 8.42 Å². The van der Waals surface area contributed by atoms with Crippen molar-refractivity contribution in [3.8, 4) is 5.75 Å². The first-order chi connectivity index (χ1) is 19.3. The molecule has 0 radical (unpaired) electrons. The van der Waals surface area contributed by atoms with Crippen LogP contribution in [-0.2, 0) is 10.0 Å². The fourth-order valence-electron chi connectivity index (χ4n) is 5.05. The molecule has 0 bridgehead atoms. The highest BCUT2D eigenvalue weighted by Gasteiger charge is 2.20. The molecule has 0 aliphatic carbocycles. The number of methoxy groups -OCH3 is 1. The number of rotatable bonds is 16. The average molecular weight is 563 g/mol. The molecule has 0 heterocycles. The van der Waals surface area contributed by atoms with E-state index >= 15 is 0 Å². The van der Waals surface area contributed by atoms with E-state index in [0.717, 1.165) is 79.8 Å². The maximum absolute atomic E-state index is 12.9. The Kier molecular flexibility index (Phi) is 12.3. The fraction of sp³-hybridized carbons (Fsp3) is 0.412. The van der Waals surface area contributed by atoms with Crippen molar-refractivity contribution in [2.24, 2.45) is 0 Å². The first-order valence-electron chi connectivity index (χ1n) is 14.6. The number of unbranched alkanes of at least 4 members (excludes halogenated alkanes) is 2. The molecular formula is C34H46N2O3S. The second-order valence-corrected chi connectivity index (χ2v) is 12.1. The van der Waals surface area contributed by atoms with Crippen LogP contribution < -0.4 is 9.04 Å². The normalized spacial score (nSPS) is 12.3. The van der Waals surface area contributed by atoms with Gasteiger partial charge in [0.05, 0.1) is 19.1 Å². The van der Waals surface area contributed by atoms with Gasteiger partial charge in [0.25, 0.3) is 0 Å². The Hall–Kier alpha value is -3.09. The van der Waals surface area contributed by atoms with Crippen LogP contribution in [0.2, 0.25) is 0 Å². The smallest absolute Gasteiger partial charge is 0.232 e. The van der Waals surface area contributed by atoms with Gasteiger partial charge in [-0.2, -0.15) is 0 Å². The summed E-state index contributed by atoms with van der Waals surface area (Å²) in [5.74, 6) is 0.827. The van der Waals surface area contributed by atoms with Crippen molar-refractivity contribution >= 4 is 26.9 Å². The van der Waals surface area contributed by atoms with E-state index in [4.69, 9.17) is 4.74 Å². The van der Waals surface area contributed by atoms with Crippen LogP contribution in [0.4, 0.5) is 5.69 Å². The van der Waals surface area contributed by atoms with E-state index in [1.807, 2.05) is 30.3 Å². The number of nitrogens with zero attached hydrogens (tertiary/aromatic N) is 2. The lowest BCUT2D eigenvalue weighted by Gasteiger charge is -2.28. The van der Waals surface area contributed by atoms with E-state index in [1.165, 1.54) is 11.8 Å². The number of ether oxygens (including phenoxy) is 1. The molecule has 0 amide bonds. The molecule has 0 N–H and O–H groups in total. The van der Waals surface area contributed by atoms with Crippen molar-refractivity contribution in [2.75, 3.05) is 43.8 Å². The van der Waals surface area contributed by atoms with Crippen molar-refractivity contribution in [1.82, 2.24) is 4.90 Å². The number of sulfonamides is 1. The Labute approximate surface area is 242 Å². The minimum atomic E-state index is -3.43. The van der Waals surface area contributed by atoms with Gasteiger partial charge < -0.3 is 9.64 Å². The molecule has 0 aromatic heterocycles. The Balaban J connectivity index is 1.98. The number of allylic oxidation sites excluding steroid dienone is 1. The summed E-state index contributed by atoms with van der Waals surface area (Å²) in [6.07, 6.45) is 6.66. The molecule has 40 heavy (non-hydrogen) atoms. The minimum Gasteiger partial charge on any atom is -0.497 e.